The molecule has 1 unspecified atom stereocenters. The molecule has 0 aromatic heterocycles. The average molecular weight is 148 g/mol. The smallest absolute Gasteiger partial charge is 0.164 e. The van der Waals surface area contributed by atoms with Crippen LogP contribution in [-0.2, 0) is 4.74 Å². The first-order chi connectivity index (χ1) is 4.72. The second-order valence-corrected chi connectivity index (χ2v) is 2.04. The Balaban J connectivity index is 3.31. The molecule has 2 N–H and O–H groups in total. The molecule has 4 nitrogen and oxygen atoms in total. The van der Waals surface area contributed by atoms with Gasteiger partial charge in [-0.2, -0.15) is 0 Å². The summed E-state index contributed by atoms with van der Waals surface area (Å²) in [6.45, 7) is 3.03. The monoisotopic (exact) mass is 148 g/mol. The molecule has 0 spiro atoms. The number of ether oxygens (including phenoxy) is 1. The summed E-state index contributed by atoms with van der Waals surface area (Å²) >= 11 is 0. The Morgan fingerprint density at radius 3 is 2.70 bits per heavy atom. The van der Waals surface area contributed by atoms with E-state index in [0.717, 1.165) is 0 Å². The quantitative estimate of drug-likeness (QED) is 0.511. The van der Waals surface area contributed by atoms with E-state index in [9.17, 15) is 0 Å². The van der Waals surface area contributed by atoms with Crippen LogP contribution in [0.3, 0.4) is 0 Å². The first kappa shape index (κ1) is 9.84. The fourth-order valence-corrected chi connectivity index (χ4v) is 0.526. The predicted octanol–water partition coefficient (Wildman–Crippen LogP) is -0.592. The van der Waals surface area contributed by atoms with Crippen molar-refractivity contribution in [3.8, 4) is 0 Å². The molecule has 0 aliphatic carbocycles. The molecule has 62 valence electrons. The molecule has 0 radical (unpaired) electrons. The Morgan fingerprint density at radius 2 is 2.30 bits per heavy atom. The summed E-state index contributed by atoms with van der Waals surface area (Å²) in [5.74, 6) is 0. The van der Waals surface area contributed by atoms with Crippen LogP contribution in [0.15, 0.2) is 0 Å². The molecule has 0 rings (SSSR count). The van der Waals surface area contributed by atoms with Crippen LogP contribution in [0.2, 0.25) is 0 Å². The van der Waals surface area contributed by atoms with E-state index in [1.807, 2.05) is 6.92 Å². The van der Waals surface area contributed by atoms with Crippen LogP contribution in [0.5, 0.6) is 0 Å². The lowest BCUT2D eigenvalue weighted by molar-refractivity contribution is -0.0664. The van der Waals surface area contributed by atoms with E-state index in [-0.39, 0.29) is 0 Å². The van der Waals surface area contributed by atoms with Gasteiger partial charge in [0.05, 0.1) is 0 Å². The van der Waals surface area contributed by atoms with Crippen molar-refractivity contribution in [3.05, 3.63) is 0 Å². The summed E-state index contributed by atoms with van der Waals surface area (Å²) in [6.07, 6.45) is -0.619. The van der Waals surface area contributed by atoms with Gasteiger partial charge >= 0.3 is 0 Å². The minimum Gasteiger partial charge on any atom is -0.366 e. The summed E-state index contributed by atoms with van der Waals surface area (Å²) in [6, 6.07) is 0. The van der Waals surface area contributed by atoms with Gasteiger partial charge in [-0.3, -0.25) is 5.32 Å². The van der Waals surface area contributed by atoms with E-state index in [2.05, 4.69) is 5.32 Å². The van der Waals surface area contributed by atoms with Gasteiger partial charge in [-0.1, -0.05) is 0 Å². The molecule has 0 aliphatic heterocycles. The third-order valence-corrected chi connectivity index (χ3v) is 1.17. The van der Waals surface area contributed by atoms with E-state index in [1.165, 1.54) is 0 Å². The van der Waals surface area contributed by atoms with E-state index in [4.69, 9.17) is 9.84 Å². The molecule has 0 bridgehead atoms. The van der Waals surface area contributed by atoms with Crippen LogP contribution in [0.4, 0.5) is 0 Å². The molecule has 0 fully saturated rings. The van der Waals surface area contributed by atoms with Gasteiger partial charge in [-0.05, 0) is 21.0 Å². The van der Waals surface area contributed by atoms with Crippen molar-refractivity contribution in [1.29, 1.82) is 0 Å². The van der Waals surface area contributed by atoms with Crippen molar-refractivity contribution in [2.24, 2.45) is 0 Å². The molecule has 0 heterocycles. The first-order valence-electron chi connectivity index (χ1n) is 3.35. The van der Waals surface area contributed by atoms with Gasteiger partial charge in [0.2, 0.25) is 0 Å². The highest BCUT2D eigenvalue weighted by Crippen LogP contribution is 1.86. The number of hydrogen-bond donors (Lipinski definition) is 2. The van der Waals surface area contributed by atoms with Crippen molar-refractivity contribution in [2.75, 3.05) is 27.4 Å². The molecule has 0 aromatic rings. The lowest BCUT2D eigenvalue weighted by atomic mass is 10.7. The third kappa shape index (κ3) is 3.79. The minimum atomic E-state index is -0.619. The summed E-state index contributed by atoms with van der Waals surface area (Å²) in [5, 5.41) is 11.8. The van der Waals surface area contributed by atoms with Crippen LogP contribution in [0, 0.1) is 0 Å². The second kappa shape index (κ2) is 5.61. The van der Waals surface area contributed by atoms with Crippen molar-refractivity contribution >= 4 is 0 Å². The molecule has 0 saturated carbocycles. The number of rotatable bonds is 5. The van der Waals surface area contributed by atoms with Gasteiger partial charge < -0.3 is 9.84 Å². The van der Waals surface area contributed by atoms with Crippen LogP contribution in [0.1, 0.15) is 6.92 Å². The van der Waals surface area contributed by atoms with Gasteiger partial charge in [-0.25, -0.2) is 4.90 Å². The Kier molecular flexibility index (Phi) is 5.52. The highest BCUT2D eigenvalue weighted by molar-refractivity contribution is 4.44. The van der Waals surface area contributed by atoms with Crippen molar-refractivity contribution in [1.82, 2.24) is 10.2 Å². The fourth-order valence-electron chi connectivity index (χ4n) is 0.526. The Bertz CT molecular complexity index is 80.1. The van der Waals surface area contributed by atoms with Crippen LogP contribution in [-0.4, -0.2) is 43.8 Å². The molecule has 0 aromatic carbocycles. The zero-order valence-electron chi connectivity index (χ0n) is 6.79. The summed E-state index contributed by atoms with van der Waals surface area (Å²) < 4.78 is 5.04. The van der Waals surface area contributed by atoms with E-state index < -0.39 is 6.35 Å². The number of hydrogen-bond acceptors (Lipinski definition) is 4. The summed E-state index contributed by atoms with van der Waals surface area (Å²) in [7, 11) is 3.46. The molecule has 0 aliphatic rings. The maximum Gasteiger partial charge on any atom is 0.164 e. The Labute approximate surface area is 61.8 Å². The normalized spacial score (nSPS) is 14.1. The van der Waals surface area contributed by atoms with Crippen LogP contribution in [0.25, 0.3) is 0 Å². The highest BCUT2D eigenvalue weighted by Gasteiger charge is 2.05. The zero-order chi connectivity index (χ0) is 7.98. The summed E-state index contributed by atoms with van der Waals surface area (Å²) in [5.41, 5.74) is 0. The number of nitrogens with one attached hydrogen (secondary N) is 1. The minimum absolute atomic E-state index is 0.443. The SMILES string of the molecule is CCOCN(C)C(O)NC. The zero-order valence-corrected chi connectivity index (χ0v) is 6.79. The molecule has 4 heteroatoms. The van der Waals surface area contributed by atoms with Gasteiger partial charge in [0.1, 0.15) is 6.73 Å². The van der Waals surface area contributed by atoms with E-state index in [0.29, 0.717) is 13.3 Å². The number of nitrogens with zero attached hydrogens (tertiary/aromatic N) is 1. The maximum atomic E-state index is 9.09. The highest BCUT2D eigenvalue weighted by atomic mass is 16.5. The predicted molar refractivity (Wildman–Crippen MR) is 39.3 cm³/mol. The molecule has 0 saturated heterocycles. The van der Waals surface area contributed by atoms with Gasteiger partial charge in [0, 0.05) is 6.61 Å². The molecule has 10 heavy (non-hydrogen) atoms. The summed E-state index contributed by atoms with van der Waals surface area (Å²) in [4.78, 5) is 1.66. The lowest BCUT2D eigenvalue weighted by Gasteiger charge is -2.21. The fraction of sp³-hybridized carbons (Fsp3) is 1.00. The van der Waals surface area contributed by atoms with Crippen molar-refractivity contribution in [3.63, 3.8) is 0 Å². The van der Waals surface area contributed by atoms with Gasteiger partial charge in [-0.15, -0.1) is 0 Å². The maximum absolute atomic E-state index is 9.09. The van der Waals surface area contributed by atoms with Crippen LogP contribution >= 0.6 is 0 Å². The third-order valence-electron chi connectivity index (χ3n) is 1.17. The molecular weight excluding hydrogens is 132 g/mol. The van der Waals surface area contributed by atoms with Crippen molar-refractivity contribution in [2.45, 2.75) is 13.3 Å². The first-order valence-corrected chi connectivity index (χ1v) is 3.35. The second-order valence-electron chi connectivity index (χ2n) is 2.04. The molecular formula is C6H16N2O2. The van der Waals surface area contributed by atoms with E-state index >= 15 is 0 Å². The molecule has 1 atom stereocenters. The number of aliphatic hydroxyl groups excluding tert-OH is 1. The largest absolute Gasteiger partial charge is 0.366 e. The van der Waals surface area contributed by atoms with Crippen LogP contribution < -0.4 is 5.32 Å². The van der Waals surface area contributed by atoms with Gasteiger partial charge in [0.25, 0.3) is 0 Å². The van der Waals surface area contributed by atoms with Gasteiger partial charge in [0.15, 0.2) is 6.35 Å². The lowest BCUT2D eigenvalue weighted by Crippen LogP contribution is -2.42. The molecule has 0 amide bonds. The standard InChI is InChI=1S/C6H16N2O2/c1-4-10-5-8(3)6(9)7-2/h6-7,9H,4-5H2,1-3H3. The average Bonchev–Trinajstić information content (AvgIpc) is 1.98. The van der Waals surface area contributed by atoms with Crippen molar-refractivity contribution < 1.29 is 9.84 Å². The van der Waals surface area contributed by atoms with E-state index in [1.54, 1.807) is 19.0 Å². The topological polar surface area (TPSA) is 44.7 Å². The Hall–Kier alpha value is -0.160. The number of aliphatic hydroxyl groups is 1. The Morgan fingerprint density at radius 1 is 1.70 bits per heavy atom.